The molecule has 13 heteroatoms. The highest BCUT2D eigenvalue weighted by Gasteiger charge is 2.40. The second kappa shape index (κ2) is 8.71. The fraction of sp³-hybridized carbons (Fsp3) is 0.400. The molecule has 1 unspecified atom stereocenters. The fourth-order valence-electron chi connectivity index (χ4n) is 3.15. The number of benzene rings is 1. The number of alkyl halides is 3. The van der Waals surface area contributed by atoms with Crippen molar-refractivity contribution in [1.29, 1.82) is 5.41 Å². The monoisotopic (exact) mass is 485 g/mol. The van der Waals surface area contributed by atoms with Crippen LogP contribution in [0.15, 0.2) is 30.6 Å². The Morgan fingerprint density at radius 2 is 1.97 bits per heavy atom. The Balaban J connectivity index is 1.82. The number of amidine groups is 1. The van der Waals surface area contributed by atoms with Crippen LogP contribution in [0.3, 0.4) is 0 Å². The zero-order chi connectivity index (χ0) is 24.6. The predicted molar refractivity (Wildman–Crippen MR) is 114 cm³/mol. The number of carbonyl (C=O) groups excluding carboxylic acids is 1. The van der Waals surface area contributed by atoms with Gasteiger partial charge in [-0.3, -0.25) is 10.2 Å². The van der Waals surface area contributed by atoms with Gasteiger partial charge < -0.3 is 15.8 Å². The maximum Gasteiger partial charge on any atom is 0.434 e. The minimum Gasteiger partial charge on any atom is -0.386 e. The first-order valence-electron chi connectivity index (χ1n) is 9.70. The second-order valence-electron chi connectivity index (χ2n) is 8.07. The van der Waals surface area contributed by atoms with Gasteiger partial charge in [0, 0.05) is 11.6 Å². The summed E-state index contributed by atoms with van der Waals surface area (Å²) in [6.07, 6.45) is -3.48. The number of amides is 1. The van der Waals surface area contributed by atoms with E-state index in [1.165, 1.54) is 13.8 Å². The van der Waals surface area contributed by atoms with Gasteiger partial charge in [-0.05, 0) is 37.1 Å². The van der Waals surface area contributed by atoms with Gasteiger partial charge in [-0.1, -0.05) is 6.07 Å². The largest absolute Gasteiger partial charge is 0.434 e. The van der Waals surface area contributed by atoms with Crippen molar-refractivity contribution in [3.63, 3.8) is 0 Å². The summed E-state index contributed by atoms with van der Waals surface area (Å²) in [4.78, 5) is 19.1. The van der Waals surface area contributed by atoms with Crippen molar-refractivity contribution in [3.8, 4) is 0 Å². The van der Waals surface area contributed by atoms with Crippen molar-refractivity contribution in [2.45, 2.75) is 37.3 Å². The van der Waals surface area contributed by atoms with Crippen LogP contribution in [0.1, 0.15) is 47.1 Å². The molecule has 0 radical (unpaired) electrons. The summed E-state index contributed by atoms with van der Waals surface area (Å²) in [5, 5.41) is 10.1. The van der Waals surface area contributed by atoms with E-state index in [0.29, 0.717) is 17.4 Å². The number of fused-ring (bicyclic) bond motifs is 1. The van der Waals surface area contributed by atoms with Crippen molar-refractivity contribution in [2.75, 3.05) is 17.7 Å². The zero-order valence-corrected chi connectivity index (χ0v) is 18.5. The highest BCUT2D eigenvalue weighted by Crippen LogP contribution is 2.33. The third-order valence-electron chi connectivity index (χ3n) is 5.44. The zero-order valence-electron chi connectivity index (χ0n) is 17.7. The normalized spacial score (nSPS) is 16.7. The van der Waals surface area contributed by atoms with Gasteiger partial charge >= 0.3 is 6.18 Å². The number of aromatic nitrogens is 2. The molecular formula is C20H22F3N5O4S. The standard InChI is InChI=1S/C20H22F3N5O4S/c1-19(2,18(24)25)33(30,31)10-12-9-32-8-11-3-4-13(5-14(11)12)28-17(29)15-6-27-16(7-26-15)20(21,22)23/h3-7,12H,8-10H2,1-2H3,(H3,24,25)(H,28,29). The SMILES string of the molecule is CC(C)(C(=N)N)S(=O)(=O)CC1COCc2ccc(NC(=O)c3cnc(C(F)(F)F)cn3)cc21. The topological polar surface area (TPSA) is 148 Å². The minimum absolute atomic E-state index is 0.113. The van der Waals surface area contributed by atoms with Crippen LogP contribution in [-0.2, 0) is 27.4 Å². The number of nitrogens with two attached hydrogens (primary N) is 1. The molecule has 1 aromatic heterocycles. The third kappa shape index (κ3) is 5.14. The van der Waals surface area contributed by atoms with E-state index in [-0.39, 0.29) is 24.7 Å². The van der Waals surface area contributed by atoms with Crippen molar-refractivity contribution in [1.82, 2.24) is 9.97 Å². The van der Waals surface area contributed by atoms with E-state index in [4.69, 9.17) is 15.9 Å². The van der Waals surface area contributed by atoms with Gasteiger partial charge in [0.05, 0.1) is 31.4 Å². The molecule has 4 N–H and O–H groups in total. The van der Waals surface area contributed by atoms with Crippen LogP contribution in [0.5, 0.6) is 0 Å². The van der Waals surface area contributed by atoms with Gasteiger partial charge in [0.1, 0.15) is 16.3 Å². The number of halogens is 3. The van der Waals surface area contributed by atoms with Crippen molar-refractivity contribution >= 4 is 27.3 Å². The Morgan fingerprint density at radius 1 is 1.27 bits per heavy atom. The lowest BCUT2D eigenvalue weighted by atomic mass is 9.94. The average Bonchev–Trinajstić information content (AvgIpc) is 2.73. The molecule has 1 aliphatic rings. The van der Waals surface area contributed by atoms with E-state index >= 15 is 0 Å². The summed E-state index contributed by atoms with van der Waals surface area (Å²) >= 11 is 0. The number of sulfone groups is 1. The van der Waals surface area contributed by atoms with E-state index in [0.717, 1.165) is 11.8 Å². The number of anilines is 1. The van der Waals surface area contributed by atoms with Gasteiger partial charge in [0.15, 0.2) is 15.5 Å². The first kappa shape index (κ1) is 24.6. The third-order valence-corrected chi connectivity index (χ3v) is 8.06. The summed E-state index contributed by atoms with van der Waals surface area (Å²) in [6.45, 7) is 3.08. The molecule has 0 fully saturated rings. The minimum atomic E-state index is -4.67. The van der Waals surface area contributed by atoms with Crippen LogP contribution >= 0.6 is 0 Å². The lowest BCUT2D eigenvalue weighted by Crippen LogP contribution is -2.47. The smallest absolute Gasteiger partial charge is 0.386 e. The van der Waals surface area contributed by atoms with E-state index < -0.39 is 44.1 Å². The van der Waals surface area contributed by atoms with E-state index in [1.54, 1.807) is 18.2 Å². The van der Waals surface area contributed by atoms with E-state index in [1.807, 2.05) is 0 Å². The van der Waals surface area contributed by atoms with Gasteiger partial charge in [-0.2, -0.15) is 13.2 Å². The number of carbonyl (C=O) groups is 1. The quantitative estimate of drug-likeness (QED) is 0.420. The Bertz CT molecular complexity index is 1180. The Morgan fingerprint density at radius 3 is 2.55 bits per heavy atom. The highest BCUT2D eigenvalue weighted by molar-refractivity contribution is 7.93. The number of ether oxygens (including phenoxy) is 1. The lowest BCUT2D eigenvalue weighted by Gasteiger charge is -2.30. The van der Waals surface area contributed by atoms with Gasteiger partial charge in [-0.25, -0.2) is 18.4 Å². The molecule has 9 nitrogen and oxygen atoms in total. The molecule has 0 spiro atoms. The second-order valence-corrected chi connectivity index (χ2v) is 10.7. The molecule has 3 rings (SSSR count). The lowest BCUT2D eigenvalue weighted by molar-refractivity contribution is -0.141. The maximum absolute atomic E-state index is 12.9. The number of nitrogens with one attached hydrogen (secondary N) is 2. The summed E-state index contributed by atoms with van der Waals surface area (Å²) in [5.41, 5.74) is 5.62. The van der Waals surface area contributed by atoms with E-state index in [2.05, 4.69) is 15.3 Å². The molecule has 2 heterocycles. The Hall–Kier alpha value is -3.06. The number of hydrogen-bond donors (Lipinski definition) is 3. The molecule has 178 valence electrons. The maximum atomic E-state index is 12.9. The molecule has 2 aromatic rings. The molecular weight excluding hydrogens is 463 g/mol. The first-order valence-corrected chi connectivity index (χ1v) is 11.4. The van der Waals surface area contributed by atoms with Crippen LogP contribution in [0.2, 0.25) is 0 Å². The predicted octanol–water partition coefficient (Wildman–Crippen LogP) is 2.49. The molecule has 0 aliphatic carbocycles. The van der Waals surface area contributed by atoms with Gasteiger partial charge in [-0.15, -0.1) is 0 Å². The Labute approximate surface area is 188 Å². The van der Waals surface area contributed by atoms with Gasteiger partial charge in [0.2, 0.25) is 0 Å². The molecule has 0 saturated carbocycles. The van der Waals surface area contributed by atoms with E-state index in [9.17, 15) is 26.4 Å². The molecule has 1 amide bonds. The van der Waals surface area contributed by atoms with Crippen molar-refractivity contribution in [2.24, 2.45) is 5.73 Å². The highest BCUT2D eigenvalue weighted by atomic mass is 32.2. The summed E-state index contributed by atoms with van der Waals surface area (Å²) in [5.74, 6) is -2.14. The van der Waals surface area contributed by atoms with Crippen LogP contribution in [0.25, 0.3) is 0 Å². The fourth-order valence-corrected chi connectivity index (χ4v) is 4.71. The molecule has 33 heavy (non-hydrogen) atoms. The van der Waals surface area contributed by atoms with Crippen LogP contribution in [0.4, 0.5) is 18.9 Å². The number of hydrogen-bond acceptors (Lipinski definition) is 7. The molecule has 0 bridgehead atoms. The van der Waals surface area contributed by atoms with Crippen molar-refractivity contribution < 1.29 is 31.1 Å². The first-order chi connectivity index (χ1) is 15.2. The molecule has 1 aromatic carbocycles. The summed E-state index contributed by atoms with van der Waals surface area (Å²) in [7, 11) is -3.82. The van der Waals surface area contributed by atoms with Gasteiger partial charge in [0.25, 0.3) is 5.91 Å². The van der Waals surface area contributed by atoms with Crippen LogP contribution < -0.4 is 11.1 Å². The van der Waals surface area contributed by atoms with Crippen molar-refractivity contribution in [3.05, 3.63) is 53.1 Å². The number of rotatable bonds is 6. The molecule has 0 saturated heterocycles. The summed E-state index contributed by atoms with van der Waals surface area (Å²) < 4.78 is 67.6. The van der Waals surface area contributed by atoms with Crippen LogP contribution in [-0.4, -0.2) is 47.2 Å². The molecule has 1 atom stereocenters. The molecule has 1 aliphatic heterocycles. The Kier molecular flexibility index (Phi) is 6.48. The average molecular weight is 485 g/mol. The number of nitrogens with zero attached hydrogens (tertiary/aromatic N) is 2. The summed E-state index contributed by atoms with van der Waals surface area (Å²) in [6, 6.07) is 4.82. The van der Waals surface area contributed by atoms with Crippen LogP contribution in [0, 0.1) is 5.41 Å².